The van der Waals surface area contributed by atoms with E-state index in [2.05, 4.69) is 4.74 Å². The second kappa shape index (κ2) is 6.81. The van der Waals surface area contributed by atoms with Crippen molar-refractivity contribution in [1.29, 1.82) is 0 Å². The lowest BCUT2D eigenvalue weighted by Crippen LogP contribution is -2.36. The van der Waals surface area contributed by atoms with Crippen LogP contribution >= 0.6 is 0 Å². The lowest BCUT2D eigenvalue weighted by Gasteiger charge is -2.14. The number of rotatable bonds is 6. The van der Waals surface area contributed by atoms with Crippen molar-refractivity contribution in [3.8, 4) is 0 Å². The first-order chi connectivity index (χ1) is 7.43. The molecule has 0 aromatic rings. The standard InChI is InChI=1S/C10H16O6/c1-4-6(3)16-10(14)7(8(11)12)9(13)15-5-2/h6-7H,4-5H2,1-3H3,(H,11,12). The van der Waals surface area contributed by atoms with Gasteiger partial charge >= 0.3 is 17.9 Å². The summed E-state index contributed by atoms with van der Waals surface area (Å²) in [4.78, 5) is 33.3. The molecule has 0 radical (unpaired) electrons. The smallest absolute Gasteiger partial charge is 0.332 e. The van der Waals surface area contributed by atoms with Crippen molar-refractivity contribution in [2.45, 2.75) is 33.3 Å². The lowest BCUT2D eigenvalue weighted by atomic mass is 10.1. The minimum absolute atomic E-state index is 0.0131. The van der Waals surface area contributed by atoms with E-state index in [0.717, 1.165) is 0 Å². The van der Waals surface area contributed by atoms with Crippen LogP contribution in [0, 0.1) is 5.92 Å². The summed E-state index contributed by atoms with van der Waals surface area (Å²) in [7, 11) is 0. The fourth-order valence-electron chi connectivity index (χ4n) is 0.873. The van der Waals surface area contributed by atoms with Gasteiger partial charge in [0.05, 0.1) is 12.7 Å². The highest BCUT2D eigenvalue weighted by Gasteiger charge is 2.37. The van der Waals surface area contributed by atoms with Gasteiger partial charge in [-0.3, -0.25) is 14.4 Å². The van der Waals surface area contributed by atoms with Gasteiger partial charge in [-0.05, 0) is 20.3 Å². The SMILES string of the molecule is CCOC(=O)C(C(=O)O)C(=O)OC(C)CC. The van der Waals surface area contributed by atoms with Gasteiger partial charge in [0, 0.05) is 0 Å². The number of aliphatic carboxylic acids is 1. The monoisotopic (exact) mass is 232 g/mol. The van der Waals surface area contributed by atoms with Crippen molar-refractivity contribution >= 4 is 17.9 Å². The Bertz CT molecular complexity index is 272. The van der Waals surface area contributed by atoms with Gasteiger partial charge in [0.2, 0.25) is 0 Å². The maximum Gasteiger partial charge on any atom is 0.332 e. The van der Waals surface area contributed by atoms with Crippen molar-refractivity contribution in [3.05, 3.63) is 0 Å². The number of carbonyl (C=O) groups excluding carboxylic acids is 2. The number of carboxylic acids is 1. The first-order valence-electron chi connectivity index (χ1n) is 5.03. The van der Waals surface area contributed by atoms with E-state index in [1.54, 1.807) is 13.8 Å². The molecule has 1 N–H and O–H groups in total. The Balaban J connectivity index is 4.60. The molecule has 6 nitrogen and oxygen atoms in total. The van der Waals surface area contributed by atoms with E-state index >= 15 is 0 Å². The van der Waals surface area contributed by atoms with Crippen LogP contribution in [-0.4, -0.2) is 35.7 Å². The van der Waals surface area contributed by atoms with Gasteiger partial charge in [0.15, 0.2) is 0 Å². The number of hydrogen-bond donors (Lipinski definition) is 1. The molecule has 6 heteroatoms. The van der Waals surface area contributed by atoms with E-state index in [-0.39, 0.29) is 6.61 Å². The second-order valence-electron chi connectivity index (χ2n) is 3.18. The highest BCUT2D eigenvalue weighted by atomic mass is 16.6. The van der Waals surface area contributed by atoms with E-state index in [1.165, 1.54) is 6.92 Å². The number of esters is 2. The third-order valence-electron chi connectivity index (χ3n) is 1.90. The Hall–Kier alpha value is -1.59. The van der Waals surface area contributed by atoms with Crippen molar-refractivity contribution in [2.24, 2.45) is 5.92 Å². The average Bonchev–Trinajstić information content (AvgIpc) is 2.17. The molecule has 2 unspecified atom stereocenters. The fourth-order valence-corrected chi connectivity index (χ4v) is 0.873. The minimum Gasteiger partial charge on any atom is -0.480 e. The van der Waals surface area contributed by atoms with E-state index in [9.17, 15) is 14.4 Å². The number of hydrogen-bond acceptors (Lipinski definition) is 5. The minimum atomic E-state index is -1.89. The second-order valence-corrected chi connectivity index (χ2v) is 3.18. The summed E-state index contributed by atoms with van der Waals surface area (Å²) in [6.07, 6.45) is 0.116. The van der Waals surface area contributed by atoms with Crippen molar-refractivity contribution in [1.82, 2.24) is 0 Å². The number of carboxylic acid groups (broad SMARTS) is 1. The van der Waals surface area contributed by atoms with Crippen LogP contribution in [0.5, 0.6) is 0 Å². The molecule has 0 bridgehead atoms. The topological polar surface area (TPSA) is 89.9 Å². The van der Waals surface area contributed by atoms with Crippen LogP contribution in [0.2, 0.25) is 0 Å². The summed E-state index contributed by atoms with van der Waals surface area (Å²) in [6.45, 7) is 4.93. The molecule has 0 amide bonds. The Morgan fingerprint density at radius 2 is 1.75 bits per heavy atom. The molecule has 0 aromatic carbocycles. The van der Waals surface area contributed by atoms with Crippen LogP contribution < -0.4 is 0 Å². The summed E-state index contributed by atoms with van der Waals surface area (Å²) >= 11 is 0. The quantitative estimate of drug-likeness (QED) is 0.532. The van der Waals surface area contributed by atoms with Gasteiger partial charge in [-0.25, -0.2) is 0 Å². The first-order valence-corrected chi connectivity index (χ1v) is 5.03. The molecule has 0 aliphatic rings. The van der Waals surface area contributed by atoms with Gasteiger partial charge in [-0.15, -0.1) is 0 Å². The summed E-state index contributed by atoms with van der Waals surface area (Å²) in [6, 6.07) is 0. The molecule has 0 saturated carbocycles. The molecule has 0 heterocycles. The van der Waals surface area contributed by atoms with Crippen molar-refractivity contribution < 1.29 is 29.0 Å². The van der Waals surface area contributed by atoms with Crippen LogP contribution in [0.15, 0.2) is 0 Å². The van der Waals surface area contributed by atoms with E-state index in [0.29, 0.717) is 6.42 Å². The predicted molar refractivity (Wildman–Crippen MR) is 53.6 cm³/mol. The van der Waals surface area contributed by atoms with Crippen LogP contribution in [0.25, 0.3) is 0 Å². The molecule has 0 aliphatic carbocycles. The molecule has 0 aliphatic heterocycles. The zero-order valence-electron chi connectivity index (χ0n) is 9.56. The molecule has 92 valence electrons. The molecule has 2 atom stereocenters. The maximum absolute atomic E-state index is 11.4. The molecule has 0 aromatic heterocycles. The summed E-state index contributed by atoms with van der Waals surface area (Å²) in [5.74, 6) is -5.63. The molecule has 16 heavy (non-hydrogen) atoms. The Morgan fingerprint density at radius 1 is 1.19 bits per heavy atom. The Kier molecular flexibility index (Phi) is 6.14. The molecule has 0 fully saturated rings. The molecular weight excluding hydrogens is 216 g/mol. The van der Waals surface area contributed by atoms with Crippen molar-refractivity contribution in [3.63, 3.8) is 0 Å². The largest absolute Gasteiger partial charge is 0.480 e. The highest BCUT2D eigenvalue weighted by molar-refractivity contribution is 6.11. The Morgan fingerprint density at radius 3 is 2.12 bits per heavy atom. The normalized spacial score (nSPS) is 13.7. The zero-order chi connectivity index (χ0) is 12.7. The van der Waals surface area contributed by atoms with Crippen LogP contribution in [0.3, 0.4) is 0 Å². The van der Waals surface area contributed by atoms with Gasteiger partial charge in [-0.1, -0.05) is 6.92 Å². The van der Waals surface area contributed by atoms with Gasteiger partial charge < -0.3 is 14.6 Å². The number of ether oxygens (including phenoxy) is 2. The lowest BCUT2D eigenvalue weighted by molar-refractivity contribution is -0.171. The molecule has 0 rings (SSSR count). The predicted octanol–water partition coefficient (Wildman–Crippen LogP) is 0.592. The molecular formula is C10H16O6. The highest BCUT2D eigenvalue weighted by Crippen LogP contribution is 2.07. The van der Waals surface area contributed by atoms with E-state index < -0.39 is 29.9 Å². The summed E-state index contributed by atoms with van der Waals surface area (Å²) < 4.78 is 9.25. The average molecular weight is 232 g/mol. The van der Waals surface area contributed by atoms with Gasteiger partial charge in [0.25, 0.3) is 5.92 Å². The third-order valence-corrected chi connectivity index (χ3v) is 1.90. The van der Waals surface area contributed by atoms with Gasteiger partial charge in [0.1, 0.15) is 0 Å². The fraction of sp³-hybridized carbons (Fsp3) is 0.700. The van der Waals surface area contributed by atoms with Crippen LogP contribution in [0.1, 0.15) is 27.2 Å². The summed E-state index contributed by atoms with van der Waals surface area (Å²) in [5.41, 5.74) is 0. The first kappa shape index (κ1) is 14.4. The maximum atomic E-state index is 11.4. The third kappa shape index (κ3) is 4.29. The van der Waals surface area contributed by atoms with Crippen LogP contribution in [-0.2, 0) is 23.9 Å². The number of carbonyl (C=O) groups is 3. The van der Waals surface area contributed by atoms with Crippen molar-refractivity contribution in [2.75, 3.05) is 6.61 Å². The zero-order valence-corrected chi connectivity index (χ0v) is 9.56. The molecule has 0 spiro atoms. The van der Waals surface area contributed by atoms with Gasteiger partial charge in [-0.2, -0.15) is 0 Å². The van der Waals surface area contributed by atoms with Crippen LogP contribution in [0.4, 0.5) is 0 Å². The van der Waals surface area contributed by atoms with E-state index in [1.807, 2.05) is 0 Å². The molecule has 0 saturated heterocycles. The van der Waals surface area contributed by atoms with E-state index in [4.69, 9.17) is 9.84 Å². The Labute approximate surface area is 93.5 Å². The summed E-state index contributed by atoms with van der Waals surface area (Å²) in [5, 5.41) is 8.72.